The number of nitrogens with two attached hydrogens (primary N) is 1. The summed E-state index contributed by atoms with van der Waals surface area (Å²) in [6, 6.07) is 1.38. The molecule has 0 aromatic rings. The highest BCUT2D eigenvalue weighted by molar-refractivity contribution is 7.99. The van der Waals surface area contributed by atoms with Gasteiger partial charge >= 0.3 is 0 Å². The Morgan fingerprint density at radius 2 is 1.88 bits per heavy atom. The molecule has 1 aliphatic carbocycles. The molecule has 0 radical (unpaired) electrons. The van der Waals surface area contributed by atoms with Crippen LogP contribution in [0.4, 0.5) is 0 Å². The second-order valence-electron chi connectivity index (χ2n) is 5.19. The molecule has 1 aliphatic rings. The van der Waals surface area contributed by atoms with Gasteiger partial charge in [0.25, 0.3) is 0 Å². The average molecular weight is 258 g/mol. The maximum atomic E-state index is 5.95. The first-order chi connectivity index (χ1) is 8.29. The molecule has 2 N–H and O–H groups in total. The quantitative estimate of drug-likeness (QED) is 0.562. The zero-order valence-electron chi connectivity index (χ0n) is 11.7. The number of hydrogen-bond acceptors (Lipinski definition) is 3. The van der Waals surface area contributed by atoms with E-state index in [1.165, 1.54) is 56.5 Å². The van der Waals surface area contributed by atoms with Crippen LogP contribution < -0.4 is 5.73 Å². The van der Waals surface area contributed by atoms with Gasteiger partial charge in [-0.1, -0.05) is 32.6 Å². The van der Waals surface area contributed by atoms with Crippen LogP contribution in [0.25, 0.3) is 0 Å². The number of nitrogens with zero attached hydrogens (tertiary/aromatic N) is 1. The van der Waals surface area contributed by atoms with E-state index < -0.39 is 0 Å². The molecule has 102 valence electrons. The monoisotopic (exact) mass is 258 g/mol. The highest BCUT2D eigenvalue weighted by Crippen LogP contribution is 2.23. The molecule has 0 aromatic heterocycles. The fourth-order valence-electron chi connectivity index (χ4n) is 2.81. The number of rotatable bonds is 7. The summed E-state index contributed by atoms with van der Waals surface area (Å²) in [5.74, 6) is 2.49. The molecule has 0 spiro atoms. The standard InChI is InChI=1S/C14H30N2S/c1-3-17-11-10-14(12-15)16(2)13-8-6-4-5-7-9-13/h13-14H,3-12,15H2,1-2H3. The Morgan fingerprint density at radius 3 is 2.41 bits per heavy atom. The highest BCUT2D eigenvalue weighted by Gasteiger charge is 2.22. The predicted molar refractivity (Wildman–Crippen MR) is 79.7 cm³/mol. The first kappa shape index (κ1) is 15.3. The van der Waals surface area contributed by atoms with Crippen LogP contribution in [-0.2, 0) is 0 Å². The van der Waals surface area contributed by atoms with Crippen LogP contribution in [0, 0.1) is 0 Å². The van der Waals surface area contributed by atoms with Crippen LogP contribution in [0.2, 0.25) is 0 Å². The van der Waals surface area contributed by atoms with Gasteiger partial charge in [0.1, 0.15) is 0 Å². The van der Waals surface area contributed by atoms with Gasteiger partial charge in [0.05, 0.1) is 0 Å². The molecule has 2 nitrogen and oxygen atoms in total. The van der Waals surface area contributed by atoms with Gasteiger partial charge in [0, 0.05) is 18.6 Å². The molecule has 1 rings (SSSR count). The largest absolute Gasteiger partial charge is 0.329 e. The third-order valence-electron chi connectivity index (χ3n) is 4.05. The summed E-state index contributed by atoms with van der Waals surface area (Å²) >= 11 is 2.04. The Bertz CT molecular complexity index is 179. The van der Waals surface area contributed by atoms with Gasteiger partial charge in [-0.2, -0.15) is 11.8 Å². The predicted octanol–water partition coefficient (Wildman–Crippen LogP) is 3.11. The van der Waals surface area contributed by atoms with Crippen molar-refractivity contribution in [3.8, 4) is 0 Å². The molecule has 17 heavy (non-hydrogen) atoms. The van der Waals surface area contributed by atoms with Crippen molar-refractivity contribution < 1.29 is 0 Å². The van der Waals surface area contributed by atoms with E-state index in [0.717, 1.165) is 12.6 Å². The second-order valence-corrected chi connectivity index (χ2v) is 6.58. The highest BCUT2D eigenvalue weighted by atomic mass is 32.2. The summed E-state index contributed by atoms with van der Waals surface area (Å²) in [5.41, 5.74) is 5.95. The van der Waals surface area contributed by atoms with Crippen LogP contribution in [-0.4, -0.2) is 42.1 Å². The van der Waals surface area contributed by atoms with Crippen molar-refractivity contribution in [3.05, 3.63) is 0 Å². The van der Waals surface area contributed by atoms with Crippen molar-refractivity contribution in [1.29, 1.82) is 0 Å². The van der Waals surface area contributed by atoms with Gasteiger partial charge in [-0.25, -0.2) is 0 Å². The summed E-state index contributed by atoms with van der Waals surface area (Å²) in [6.07, 6.45) is 9.71. The second kappa shape index (κ2) is 9.23. The van der Waals surface area contributed by atoms with Crippen molar-refractivity contribution >= 4 is 11.8 Å². The van der Waals surface area contributed by atoms with E-state index in [-0.39, 0.29) is 0 Å². The summed E-state index contributed by atoms with van der Waals surface area (Å²) in [7, 11) is 2.30. The van der Waals surface area contributed by atoms with Crippen molar-refractivity contribution in [2.45, 2.75) is 64.0 Å². The fraction of sp³-hybridized carbons (Fsp3) is 1.00. The smallest absolute Gasteiger partial charge is 0.0226 e. The fourth-order valence-corrected chi connectivity index (χ4v) is 3.54. The van der Waals surface area contributed by atoms with Gasteiger partial charge in [0.2, 0.25) is 0 Å². The van der Waals surface area contributed by atoms with E-state index in [1.807, 2.05) is 11.8 Å². The molecule has 3 heteroatoms. The van der Waals surface area contributed by atoms with Crippen LogP contribution in [0.3, 0.4) is 0 Å². The third-order valence-corrected chi connectivity index (χ3v) is 4.98. The topological polar surface area (TPSA) is 29.3 Å². The van der Waals surface area contributed by atoms with Crippen molar-refractivity contribution in [2.24, 2.45) is 5.73 Å². The lowest BCUT2D eigenvalue weighted by Crippen LogP contribution is -2.44. The van der Waals surface area contributed by atoms with E-state index in [9.17, 15) is 0 Å². The summed E-state index contributed by atoms with van der Waals surface area (Å²) < 4.78 is 0. The molecular weight excluding hydrogens is 228 g/mol. The van der Waals surface area contributed by atoms with Gasteiger partial charge < -0.3 is 5.73 Å². The van der Waals surface area contributed by atoms with E-state index in [1.54, 1.807) is 0 Å². The van der Waals surface area contributed by atoms with Gasteiger partial charge in [-0.15, -0.1) is 0 Å². The molecule has 0 aliphatic heterocycles. The molecule has 0 aromatic carbocycles. The van der Waals surface area contributed by atoms with Gasteiger partial charge in [-0.3, -0.25) is 4.90 Å². The first-order valence-corrected chi connectivity index (χ1v) is 8.44. The van der Waals surface area contributed by atoms with Crippen molar-refractivity contribution in [1.82, 2.24) is 4.90 Å². The summed E-state index contributed by atoms with van der Waals surface area (Å²) in [6.45, 7) is 3.05. The van der Waals surface area contributed by atoms with E-state index >= 15 is 0 Å². The Balaban J connectivity index is 2.36. The Kier molecular flexibility index (Phi) is 8.33. The van der Waals surface area contributed by atoms with Crippen LogP contribution in [0.1, 0.15) is 51.9 Å². The molecule has 0 heterocycles. The number of hydrogen-bond donors (Lipinski definition) is 1. The Labute approximate surface area is 112 Å². The van der Waals surface area contributed by atoms with Crippen LogP contribution >= 0.6 is 11.8 Å². The molecule has 0 saturated heterocycles. The number of thioether (sulfide) groups is 1. The Hall–Kier alpha value is 0.270. The summed E-state index contributed by atoms with van der Waals surface area (Å²) in [4.78, 5) is 2.58. The minimum Gasteiger partial charge on any atom is -0.329 e. The molecule has 1 unspecified atom stereocenters. The van der Waals surface area contributed by atoms with E-state index in [2.05, 4.69) is 18.9 Å². The lowest BCUT2D eigenvalue weighted by atomic mass is 10.0. The van der Waals surface area contributed by atoms with Crippen LogP contribution in [0.15, 0.2) is 0 Å². The van der Waals surface area contributed by atoms with Crippen molar-refractivity contribution in [2.75, 3.05) is 25.1 Å². The van der Waals surface area contributed by atoms with Gasteiger partial charge in [-0.05, 0) is 37.8 Å². The molecule has 1 saturated carbocycles. The minimum atomic E-state index is 0.595. The lowest BCUT2D eigenvalue weighted by Gasteiger charge is -2.34. The van der Waals surface area contributed by atoms with Crippen molar-refractivity contribution in [3.63, 3.8) is 0 Å². The Morgan fingerprint density at radius 1 is 1.24 bits per heavy atom. The maximum absolute atomic E-state index is 5.95. The molecular formula is C14H30N2S. The van der Waals surface area contributed by atoms with E-state index in [4.69, 9.17) is 5.73 Å². The van der Waals surface area contributed by atoms with E-state index in [0.29, 0.717) is 6.04 Å². The van der Waals surface area contributed by atoms with Crippen LogP contribution in [0.5, 0.6) is 0 Å². The first-order valence-electron chi connectivity index (χ1n) is 7.29. The molecule has 0 amide bonds. The lowest BCUT2D eigenvalue weighted by molar-refractivity contribution is 0.158. The normalized spacial score (nSPS) is 20.5. The average Bonchev–Trinajstić information content (AvgIpc) is 2.63. The summed E-state index contributed by atoms with van der Waals surface area (Å²) in [5, 5.41) is 0. The zero-order valence-corrected chi connectivity index (χ0v) is 12.5. The van der Waals surface area contributed by atoms with Gasteiger partial charge in [0.15, 0.2) is 0 Å². The molecule has 0 bridgehead atoms. The molecule has 1 atom stereocenters. The third kappa shape index (κ3) is 5.62. The zero-order chi connectivity index (χ0) is 12.5. The molecule has 1 fully saturated rings. The SMILES string of the molecule is CCSCCC(CN)N(C)C1CCCCCC1. The number of likely N-dealkylation sites (N-methyl/N-ethyl adjacent to an activating group) is 1. The minimum absolute atomic E-state index is 0.595. The maximum Gasteiger partial charge on any atom is 0.0226 e.